The molecule has 502 valence electrons. The number of amides is 7. The maximum absolute atomic E-state index is 14.8. The molecule has 0 radical (unpaired) electrons. The Labute approximate surface area is 544 Å². The molecule has 5 aliphatic rings. The van der Waals surface area contributed by atoms with Crippen molar-refractivity contribution in [3.63, 3.8) is 0 Å². The van der Waals surface area contributed by atoms with Gasteiger partial charge in [-0.1, -0.05) is 36.4 Å². The zero-order chi connectivity index (χ0) is 66.9. The van der Waals surface area contributed by atoms with Crippen LogP contribution in [0.5, 0.6) is 23.0 Å². The van der Waals surface area contributed by atoms with Crippen molar-refractivity contribution in [3.8, 4) is 23.0 Å². The molecule has 14 N–H and O–H groups in total. The van der Waals surface area contributed by atoms with Gasteiger partial charge >= 0.3 is 18.2 Å². The Morgan fingerprint density at radius 3 is 2.22 bits per heavy atom. The van der Waals surface area contributed by atoms with Gasteiger partial charge in [0.05, 0.1) is 31.8 Å². The van der Waals surface area contributed by atoms with Crippen LogP contribution >= 0.6 is 0 Å². The van der Waals surface area contributed by atoms with Crippen LogP contribution in [0.4, 0.5) is 15.3 Å². The Hall–Kier alpha value is -10.1. The number of methoxy groups -OCH3 is 1. The summed E-state index contributed by atoms with van der Waals surface area (Å²) < 4.78 is 35.9. The van der Waals surface area contributed by atoms with Crippen LogP contribution < -0.4 is 72.9 Å². The summed E-state index contributed by atoms with van der Waals surface area (Å²) in [6.45, 7) is 2.17. The molecule has 3 heterocycles. The summed E-state index contributed by atoms with van der Waals surface area (Å²) in [7, 11) is 3.76. The number of alkyl carbamates (subject to hydrolysis) is 1. The molecule has 7 amide bonds. The van der Waals surface area contributed by atoms with Crippen LogP contribution in [0, 0.1) is 22.7 Å². The number of nitrogens with two attached hydrogens (primary N) is 2. The maximum Gasteiger partial charge on any atom is 0.415 e. The van der Waals surface area contributed by atoms with E-state index >= 15 is 0 Å². The Balaban J connectivity index is 0.815. The van der Waals surface area contributed by atoms with Crippen molar-refractivity contribution in [2.45, 2.75) is 113 Å². The van der Waals surface area contributed by atoms with Crippen molar-refractivity contribution in [1.82, 2.24) is 47.0 Å². The summed E-state index contributed by atoms with van der Waals surface area (Å²) in [4.78, 5) is 111. The predicted molar refractivity (Wildman–Crippen MR) is 345 cm³/mol. The second-order valence-electron chi connectivity index (χ2n) is 24.0. The number of likely N-dealkylation sites (tertiary alicyclic amines) is 2. The highest BCUT2D eigenvalue weighted by atomic mass is 16.6. The first-order chi connectivity index (χ1) is 45.3. The Morgan fingerprint density at radius 2 is 1.49 bits per heavy atom. The normalized spacial score (nSPS) is 20.3. The molecule has 0 saturated carbocycles. The third-order valence-corrected chi connectivity index (χ3v) is 17.7. The minimum Gasteiger partial charge on any atom is -0.493 e. The summed E-state index contributed by atoms with van der Waals surface area (Å²) in [6.07, 6.45) is 3.93. The number of hydrogen-bond donors (Lipinski definition) is 12. The van der Waals surface area contributed by atoms with Crippen LogP contribution in [0.2, 0.25) is 0 Å². The molecule has 2 saturated heterocycles. The monoisotopic (exact) mass is 1300 g/mol. The summed E-state index contributed by atoms with van der Waals surface area (Å²) in [5.41, 5.74) is 14.3. The van der Waals surface area contributed by atoms with E-state index in [-0.39, 0.29) is 119 Å². The molecule has 8 atom stereocenters. The van der Waals surface area contributed by atoms with E-state index in [1.807, 2.05) is 30.3 Å². The maximum atomic E-state index is 14.8. The lowest BCUT2D eigenvalue weighted by molar-refractivity contribution is -0.130. The number of carbonyl (C=O) groups excluding carboxylic acids is 8. The molecular formula is C66H84N14O14. The van der Waals surface area contributed by atoms with Crippen molar-refractivity contribution in [2.75, 3.05) is 71.9 Å². The number of nitrogens with zero attached hydrogens (tertiary/aromatic N) is 2. The summed E-state index contributed by atoms with van der Waals surface area (Å²) >= 11 is 0. The van der Waals surface area contributed by atoms with E-state index in [2.05, 4.69) is 60.5 Å². The van der Waals surface area contributed by atoms with Gasteiger partial charge in [0, 0.05) is 61.7 Å². The molecule has 9 rings (SSSR count). The number of likely N-dealkylation sites (N-methyl/N-ethyl adjacent to an activating group) is 1. The molecule has 3 aliphatic heterocycles. The van der Waals surface area contributed by atoms with Crippen molar-refractivity contribution >= 4 is 65.3 Å². The van der Waals surface area contributed by atoms with E-state index in [0.717, 1.165) is 30.5 Å². The van der Waals surface area contributed by atoms with Gasteiger partial charge in [-0.05, 0) is 156 Å². The van der Waals surface area contributed by atoms with Crippen LogP contribution in [0.15, 0.2) is 103 Å². The highest BCUT2D eigenvalue weighted by molar-refractivity contribution is 5.92. The van der Waals surface area contributed by atoms with Crippen LogP contribution in [-0.2, 0) is 51.9 Å². The number of rotatable bonds is 29. The van der Waals surface area contributed by atoms with E-state index in [9.17, 15) is 38.4 Å². The van der Waals surface area contributed by atoms with Gasteiger partial charge in [0.2, 0.25) is 29.5 Å². The molecule has 4 aromatic carbocycles. The first-order valence-corrected chi connectivity index (χ1v) is 31.6. The lowest BCUT2D eigenvalue weighted by atomic mass is 9.53. The number of allylic oxidation sites excluding steroid dienone is 1. The fourth-order valence-corrected chi connectivity index (χ4v) is 13.1. The molecule has 2 unspecified atom stereocenters. The number of esters is 1. The highest BCUT2D eigenvalue weighted by Gasteiger charge is 2.65. The number of unbranched alkanes of at least 4 members (excludes halogenated alkanes) is 1. The fraction of sp³-hybridized carbons (Fsp3) is 0.455. The average Bonchev–Trinajstić information content (AvgIpc) is 1.47. The lowest BCUT2D eigenvalue weighted by Crippen LogP contribution is -2.63. The van der Waals surface area contributed by atoms with Gasteiger partial charge in [0.1, 0.15) is 42.6 Å². The van der Waals surface area contributed by atoms with Gasteiger partial charge < -0.3 is 92.2 Å². The molecule has 2 bridgehead atoms. The third kappa shape index (κ3) is 17.3. The SMILES string of the molecule is COc1ccc2c3c1O[C@H]1C(OC(=O)N4CCC(C(=O)NCCCC[C@H](NC(=O)OCc5ccccc5)C(=O)NCCOc5ccc(C(=O)Oc6ccc(NC(=N)N)cc6)cc5)CC4CNC(=O)[C@@H](CCCNC(=N)N)NC(=O)CNC(C)=O)=CC[C@H]4[C@@H](C2)N(C)CC[C@]314. The third-order valence-electron chi connectivity index (χ3n) is 17.7. The van der Waals surface area contributed by atoms with Crippen LogP contribution in [0.1, 0.15) is 91.8 Å². The highest BCUT2D eigenvalue weighted by Crippen LogP contribution is 2.64. The topological polar surface area (TPSA) is 394 Å². The van der Waals surface area contributed by atoms with Gasteiger partial charge in [-0.15, -0.1) is 0 Å². The number of carbonyl (C=O) groups is 8. The molecule has 94 heavy (non-hydrogen) atoms. The Kier molecular flexibility index (Phi) is 23.2. The van der Waals surface area contributed by atoms with Crippen molar-refractivity contribution in [2.24, 2.45) is 23.3 Å². The second kappa shape index (κ2) is 31.9. The van der Waals surface area contributed by atoms with Crippen LogP contribution in [0.25, 0.3) is 0 Å². The molecule has 4 aromatic rings. The molecule has 2 fully saturated rings. The Morgan fingerprint density at radius 1 is 0.766 bits per heavy atom. The molecule has 28 heteroatoms. The van der Waals surface area contributed by atoms with Crippen molar-refractivity contribution in [3.05, 3.63) is 125 Å². The van der Waals surface area contributed by atoms with Gasteiger partial charge in [-0.25, -0.2) is 14.4 Å². The van der Waals surface area contributed by atoms with Gasteiger partial charge in [0.25, 0.3) is 0 Å². The number of piperidine rings is 2. The van der Waals surface area contributed by atoms with Crippen LogP contribution in [0.3, 0.4) is 0 Å². The fourth-order valence-electron chi connectivity index (χ4n) is 13.1. The van der Waals surface area contributed by atoms with Crippen molar-refractivity contribution < 1.29 is 66.8 Å². The standard InChI is InChI=1S/C66H84N14O14/c1-39(81)74-37-54(82)77-49(13-9-29-73-62(67)68)60(85)75-36-45-34-43(26-31-80(45)65(88)93-53-25-23-48-51-35-42-16-24-52(89-3)56-55(42)66(48,57(53)94-56)27-32-79(51)2)58(83)71-28-8-7-12-50(78-64(87)91-38-40-10-5-4-6-11-40)59(84)72-30-33-90-46-19-14-41(15-20-46)61(86)92-47-21-17-44(18-22-47)76-63(69)70/h4-6,10-11,14-22,24-25,43,45,48-51,57H,7-9,12-13,23,26-38H2,1-3H3,(H,71,83)(H,72,84)(H,74,81)(H,75,85)(H,77,82)(H,78,87)(H4,67,68,73)(H4,69,70,76)/t43?,45?,48-,49+,50-,51+,57-,66-/m0/s1. The van der Waals surface area contributed by atoms with Crippen molar-refractivity contribution in [1.29, 1.82) is 10.8 Å². The predicted octanol–water partition coefficient (Wildman–Crippen LogP) is 3.38. The van der Waals surface area contributed by atoms with Gasteiger partial charge in [0.15, 0.2) is 29.5 Å². The number of hydrogen-bond acceptors (Lipinski definition) is 17. The molecule has 28 nitrogen and oxygen atoms in total. The average molecular weight is 1300 g/mol. The van der Waals surface area contributed by atoms with Gasteiger partial charge in [-0.3, -0.25) is 34.8 Å². The second-order valence-corrected chi connectivity index (χ2v) is 24.0. The largest absolute Gasteiger partial charge is 0.493 e. The molecule has 0 aromatic heterocycles. The number of benzene rings is 4. The van der Waals surface area contributed by atoms with E-state index < -0.39 is 77.3 Å². The molecule has 1 spiro atoms. The smallest absolute Gasteiger partial charge is 0.415 e. The lowest BCUT2D eigenvalue weighted by Gasteiger charge is -2.56. The zero-order valence-corrected chi connectivity index (χ0v) is 53.0. The molecule has 2 aliphatic carbocycles. The minimum atomic E-state index is -1.09. The number of anilines is 1. The van der Waals surface area contributed by atoms with Gasteiger partial charge in [-0.2, -0.15) is 0 Å². The summed E-state index contributed by atoms with van der Waals surface area (Å²) in [5, 5.41) is 36.8. The van der Waals surface area contributed by atoms with E-state index in [4.69, 9.17) is 50.7 Å². The summed E-state index contributed by atoms with van der Waals surface area (Å²) in [6, 6.07) is 23.0. The summed E-state index contributed by atoms with van der Waals surface area (Å²) in [5.74, 6) is -1.56. The number of ether oxygens (including phenoxy) is 6. The first kappa shape index (κ1) is 68.3. The van der Waals surface area contributed by atoms with Crippen LogP contribution in [-0.4, -0.2) is 166 Å². The zero-order valence-electron chi connectivity index (χ0n) is 53.0. The quantitative estimate of drug-likeness (QED) is 0.0122. The van der Waals surface area contributed by atoms with E-state index in [1.54, 1.807) is 55.6 Å². The number of nitrogens with one attached hydrogen (secondary N) is 10. The Bertz CT molecular complexity index is 3450. The van der Waals surface area contributed by atoms with E-state index in [1.165, 1.54) is 29.5 Å². The first-order valence-electron chi connectivity index (χ1n) is 31.6. The van der Waals surface area contributed by atoms with E-state index in [0.29, 0.717) is 54.4 Å². The minimum absolute atomic E-state index is 0.0301. The molecular weight excluding hydrogens is 1210 g/mol. The number of guanidine groups is 2.